The number of rotatable bonds is 7. The van der Waals surface area contributed by atoms with Crippen molar-refractivity contribution in [2.45, 2.75) is 50.7 Å². The predicted octanol–water partition coefficient (Wildman–Crippen LogP) is 3.14. The van der Waals surface area contributed by atoms with Crippen LogP contribution in [0.5, 0.6) is 0 Å². The highest BCUT2D eigenvalue weighted by Crippen LogP contribution is 2.46. The van der Waals surface area contributed by atoms with Crippen LogP contribution in [0, 0.1) is 5.92 Å². The van der Waals surface area contributed by atoms with Crippen molar-refractivity contribution >= 4 is 13.3 Å². The van der Waals surface area contributed by atoms with Crippen LogP contribution in [0.15, 0.2) is 24.3 Å². The van der Waals surface area contributed by atoms with Gasteiger partial charge in [0, 0.05) is 18.7 Å². The molecule has 150 valence electrons. The van der Waals surface area contributed by atoms with Gasteiger partial charge in [-0.15, -0.1) is 0 Å². The van der Waals surface area contributed by atoms with Gasteiger partial charge in [-0.2, -0.15) is 0 Å². The number of benzene rings is 1. The van der Waals surface area contributed by atoms with Gasteiger partial charge in [0.05, 0.1) is 24.4 Å². The monoisotopic (exact) mass is 395 g/mol. The van der Waals surface area contributed by atoms with Crippen LogP contribution in [0.4, 0.5) is 0 Å². The minimum absolute atomic E-state index is 0.0849. The van der Waals surface area contributed by atoms with Gasteiger partial charge in [0.2, 0.25) is 7.37 Å². The highest BCUT2D eigenvalue weighted by atomic mass is 31.2. The summed E-state index contributed by atoms with van der Waals surface area (Å²) in [5.74, 6) is -0.540. The Bertz CT molecular complexity index is 681. The van der Waals surface area contributed by atoms with Crippen LogP contribution in [-0.2, 0) is 15.7 Å². The van der Waals surface area contributed by atoms with Crippen molar-refractivity contribution in [3.05, 3.63) is 35.4 Å². The molecule has 3 rings (SSSR count). The fourth-order valence-electron chi connectivity index (χ4n) is 4.20. The third-order valence-electron chi connectivity index (χ3n) is 5.58. The van der Waals surface area contributed by atoms with E-state index in [0.717, 1.165) is 18.4 Å². The Morgan fingerprint density at radius 2 is 2.00 bits per heavy atom. The lowest BCUT2D eigenvalue weighted by Crippen LogP contribution is -2.48. The second-order valence-electron chi connectivity index (χ2n) is 7.99. The lowest BCUT2D eigenvalue weighted by atomic mass is 9.91. The van der Waals surface area contributed by atoms with Crippen molar-refractivity contribution in [1.29, 1.82) is 0 Å². The van der Waals surface area contributed by atoms with Crippen molar-refractivity contribution in [2.24, 2.45) is 5.92 Å². The Labute approximate surface area is 160 Å². The van der Waals surface area contributed by atoms with Gasteiger partial charge in [0.25, 0.3) is 0 Å². The first-order valence-corrected chi connectivity index (χ1v) is 11.9. The number of carboxylic acid groups (broad SMARTS) is 1. The second kappa shape index (κ2) is 9.33. The van der Waals surface area contributed by atoms with Crippen molar-refractivity contribution < 1.29 is 24.1 Å². The molecule has 2 fully saturated rings. The molecule has 1 aliphatic heterocycles. The van der Waals surface area contributed by atoms with Crippen molar-refractivity contribution in [3.8, 4) is 0 Å². The lowest BCUT2D eigenvalue weighted by Gasteiger charge is -2.32. The number of carbonyl (C=O) groups is 1. The molecule has 0 spiro atoms. The molecular weight excluding hydrogens is 365 g/mol. The van der Waals surface area contributed by atoms with Gasteiger partial charge < -0.3 is 20.1 Å². The van der Waals surface area contributed by atoms with E-state index in [2.05, 4.69) is 5.32 Å². The van der Waals surface area contributed by atoms with Crippen LogP contribution in [0.2, 0.25) is 0 Å². The fourth-order valence-corrected chi connectivity index (χ4v) is 6.39. The molecule has 3 atom stereocenters. The summed E-state index contributed by atoms with van der Waals surface area (Å²) < 4.78 is 18.5. The molecule has 0 aromatic heterocycles. The lowest BCUT2D eigenvalue weighted by molar-refractivity contribution is 0.0162. The van der Waals surface area contributed by atoms with Gasteiger partial charge in [-0.25, -0.2) is 4.79 Å². The van der Waals surface area contributed by atoms with E-state index in [1.54, 1.807) is 18.2 Å². The SMILES string of the molecule is O=C(O)c1cccc(C[C@@H]2CO[C@@H](CP(=O)(O)CC3CCCCC3)CN2)c1. The maximum absolute atomic E-state index is 12.6. The number of aromatic carboxylic acids is 1. The molecule has 1 saturated carbocycles. The molecule has 0 bridgehead atoms. The third-order valence-corrected chi connectivity index (χ3v) is 7.65. The number of morpholine rings is 1. The zero-order valence-corrected chi connectivity index (χ0v) is 16.6. The number of hydrogen-bond donors (Lipinski definition) is 3. The van der Waals surface area contributed by atoms with E-state index in [-0.39, 0.29) is 23.9 Å². The van der Waals surface area contributed by atoms with E-state index in [1.807, 2.05) is 6.07 Å². The number of nitrogens with one attached hydrogen (secondary N) is 1. The van der Waals surface area contributed by atoms with E-state index < -0.39 is 13.3 Å². The first kappa shape index (κ1) is 20.5. The highest BCUT2D eigenvalue weighted by Gasteiger charge is 2.31. The summed E-state index contributed by atoms with van der Waals surface area (Å²) in [5.41, 5.74) is 1.23. The van der Waals surface area contributed by atoms with Crippen LogP contribution in [-0.4, -0.2) is 53.6 Å². The summed E-state index contributed by atoms with van der Waals surface area (Å²) in [5, 5.41) is 12.5. The van der Waals surface area contributed by atoms with E-state index in [0.29, 0.717) is 31.7 Å². The predicted molar refractivity (Wildman–Crippen MR) is 105 cm³/mol. The fraction of sp³-hybridized carbons (Fsp3) is 0.650. The quantitative estimate of drug-likeness (QED) is 0.614. The minimum atomic E-state index is -3.16. The largest absolute Gasteiger partial charge is 0.478 e. The Morgan fingerprint density at radius 1 is 1.22 bits per heavy atom. The van der Waals surface area contributed by atoms with Gasteiger partial charge in [0.15, 0.2) is 0 Å². The van der Waals surface area contributed by atoms with Crippen LogP contribution in [0.1, 0.15) is 48.0 Å². The average molecular weight is 395 g/mol. The van der Waals surface area contributed by atoms with Crippen molar-refractivity contribution in [1.82, 2.24) is 5.32 Å². The molecule has 0 amide bonds. The zero-order valence-electron chi connectivity index (χ0n) is 15.7. The Kier molecular flexibility index (Phi) is 7.10. The topological polar surface area (TPSA) is 95.9 Å². The molecule has 1 aromatic carbocycles. The summed E-state index contributed by atoms with van der Waals surface area (Å²) in [6.07, 6.45) is 6.85. The molecule has 7 heteroatoms. The first-order chi connectivity index (χ1) is 12.9. The number of carboxylic acids is 1. The summed E-state index contributed by atoms with van der Waals surface area (Å²) in [7, 11) is -3.16. The summed E-state index contributed by atoms with van der Waals surface area (Å²) in [4.78, 5) is 21.5. The third kappa shape index (κ3) is 6.42. The van der Waals surface area contributed by atoms with Gasteiger partial charge >= 0.3 is 5.97 Å². The van der Waals surface area contributed by atoms with E-state index in [4.69, 9.17) is 9.84 Å². The molecule has 1 unspecified atom stereocenters. The van der Waals surface area contributed by atoms with Gasteiger partial charge in [-0.1, -0.05) is 31.4 Å². The molecule has 1 heterocycles. The van der Waals surface area contributed by atoms with Crippen LogP contribution in [0.3, 0.4) is 0 Å². The molecule has 1 saturated heterocycles. The van der Waals surface area contributed by atoms with E-state index in [1.165, 1.54) is 19.3 Å². The molecule has 0 radical (unpaired) electrons. The van der Waals surface area contributed by atoms with Crippen LogP contribution < -0.4 is 5.32 Å². The van der Waals surface area contributed by atoms with E-state index >= 15 is 0 Å². The summed E-state index contributed by atoms with van der Waals surface area (Å²) >= 11 is 0. The zero-order chi connectivity index (χ0) is 19.3. The number of ether oxygens (including phenoxy) is 1. The minimum Gasteiger partial charge on any atom is -0.478 e. The second-order valence-corrected chi connectivity index (χ2v) is 10.4. The molecule has 3 N–H and O–H groups in total. The first-order valence-electron chi connectivity index (χ1n) is 9.89. The molecule has 27 heavy (non-hydrogen) atoms. The molecule has 2 aliphatic rings. The Morgan fingerprint density at radius 3 is 2.67 bits per heavy atom. The molecular formula is C20H30NO5P. The Hall–Kier alpha value is -1.20. The molecule has 1 aromatic rings. The maximum atomic E-state index is 12.6. The highest BCUT2D eigenvalue weighted by molar-refractivity contribution is 7.58. The Balaban J connectivity index is 1.45. The smallest absolute Gasteiger partial charge is 0.335 e. The summed E-state index contributed by atoms with van der Waals surface area (Å²) in [6, 6.07) is 7.01. The van der Waals surface area contributed by atoms with E-state index in [9.17, 15) is 14.3 Å². The van der Waals surface area contributed by atoms with Gasteiger partial charge in [-0.3, -0.25) is 4.57 Å². The molecule has 1 aliphatic carbocycles. The molecule has 6 nitrogen and oxygen atoms in total. The van der Waals surface area contributed by atoms with Crippen molar-refractivity contribution in [2.75, 3.05) is 25.5 Å². The normalized spacial score (nSPS) is 26.4. The van der Waals surface area contributed by atoms with Crippen molar-refractivity contribution in [3.63, 3.8) is 0 Å². The van der Waals surface area contributed by atoms with Crippen LogP contribution in [0.25, 0.3) is 0 Å². The van der Waals surface area contributed by atoms with Gasteiger partial charge in [-0.05, 0) is 42.9 Å². The van der Waals surface area contributed by atoms with Gasteiger partial charge in [0.1, 0.15) is 0 Å². The number of hydrogen-bond acceptors (Lipinski definition) is 4. The average Bonchev–Trinajstić information content (AvgIpc) is 2.64. The summed E-state index contributed by atoms with van der Waals surface area (Å²) in [6.45, 7) is 1.02. The maximum Gasteiger partial charge on any atom is 0.335 e. The standard InChI is InChI=1S/C20H30NO5P/c22-20(23)17-8-4-7-16(9-17)10-18-12-26-19(11-21-18)14-27(24,25)13-15-5-2-1-3-6-15/h4,7-9,15,18-19,21H,1-3,5-6,10-14H2,(H,22,23)(H,24,25)/t18-,19-/m1/s1. The van der Waals surface area contributed by atoms with Crippen LogP contribution >= 0.6 is 7.37 Å².